The van der Waals surface area contributed by atoms with Crippen LogP contribution in [0.4, 0.5) is 0 Å². The molecule has 24 heavy (non-hydrogen) atoms. The van der Waals surface area contributed by atoms with E-state index in [0.29, 0.717) is 29.5 Å². The first kappa shape index (κ1) is 17.2. The normalized spacial score (nSPS) is 17.6. The van der Waals surface area contributed by atoms with E-state index in [9.17, 15) is 9.59 Å². The highest BCUT2D eigenvalue weighted by atomic mass is 35.5. The second-order valence-corrected chi connectivity index (χ2v) is 8.67. The molecule has 2 aromatic heterocycles. The number of thiophene rings is 1. The molecule has 0 N–H and O–H groups in total. The van der Waals surface area contributed by atoms with E-state index in [2.05, 4.69) is 5.10 Å². The molecule has 0 spiro atoms. The summed E-state index contributed by atoms with van der Waals surface area (Å²) in [5, 5.41) is 4.41. The number of rotatable bonds is 3. The summed E-state index contributed by atoms with van der Waals surface area (Å²) in [4.78, 5) is 26.1. The molecule has 1 atom stereocenters. The summed E-state index contributed by atoms with van der Waals surface area (Å²) in [5.74, 6) is 0.272. The Kier molecular flexibility index (Phi) is 4.57. The molecule has 3 heterocycles. The fourth-order valence-electron chi connectivity index (χ4n) is 2.81. The van der Waals surface area contributed by atoms with Crippen LogP contribution >= 0.6 is 22.9 Å². The minimum Gasteiger partial charge on any atom is -0.458 e. The highest BCUT2D eigenvalue weighted by Gasteiger charge is 2.33. The fraction of sp³-hybridized carbons (Fsp3) is 0.562. The third kappa shape index (κ3) is 3.57. The van der Waals surface area contributed by atoms with Crippen molar-refractivity contribution < 1.29 is 9.53 Å². The zero-order chi connectivity index (χ0) is 17.5. The number of carbonyl (C=O) groups excluding carboxylic acids is 1. The molecule has 1 unspecified atom stereocenters. The molecule has 6 nitrogen and oxygen atoms in total. The monoisotopic (exact) mass is 369 g/mol. The molecule has 0 radical (unpaired) electrons. The summed E-state index contributed by atoms with van der Waals surface area (Å²) < 4.78 is 9.04. The first-order valence-corrected chi connectivity index (χ1v) is 9.09. The number of esters is 1. The topological polar surface area (TPSA) is 66.1 Å². The molecule has 3 rings (SSSR count). The van der Waals surface area contributed by atoms with Crippen LogP contribution in [0.2, 0.25) is 4.34 Å². The van der Waals surface area contributed by atoms with Gasteiger partial charge in [0.1, 0.15) is 17.5 Å². The van der Waals surface area contributed by atoms with Crippen LogP contribution in [-0.4, -0.2) is 25.9 Å². The number of hydrogen-bond donors (Lipinski definition) is 0. The maximum Gasteiger partial charge on any atom is 0.347 e. The van der Waals surface area contributed by atoms with E-state index in [4.69, 9.17) is 16.3 Å². The van der Waals surface area contributed by atoms with E-state index in [1.54, 1.807) is 6.07 Å². The van der Waals surface area contributed by atoms with Gasteiger partial charge in [0.05, 0.1) is 10.9 Å². The minimum atomic E-state index is -0.596. The average Bonchev–Trinajstić information content (AvgIpc) is 3.02. The van der Waals surface area contributed by atoms with Crippen molar-refractivity contribution in [1.82, 2.24) is 14.3 Å². The molecule has 0 amide bonds. The van der Waals surface area contributed by atoms with Crippen molar-refractivity contribution in [2.75, 3.05) is 0 Å². The van der Waals surface area contributed by atoms with Crippen LogP contribution in [0, 0.1) is 0 Å². The van der Waals surface area contributed by atoms with Gasteiger partial charge >= 0.3 is 11.7 Å². The van der Waals surface area contributed by atoms with Gasteiger partial charge in [0.25, 0.3) is 0 Å². The molecule has 0 fully saturated rings. The fourth-order valence-corrected chi connectivity index (χ4v) is 3.88. The van der Waals surface area contributed by atoms with Crippen molar-refractivity contribution in [3.63, 3.8) is 0 Å². The summed E-state index contributed by atoms with van der Waals surface area (Å²) in [6.45, 7) is 5.82. The lowest BCUT2D eigenvalue weighted by Gasteiger charge is -2.26. The van der Waals surface area contributed by atoms with Gasteiger partial charge in [0.15, 0.2) is 0 Å². The molecule has 2 aromatic rings. The number of halogens is 1. The summed E-state index contributed by atoms with van der Waals surface area (Å²) in [6.07, 6.45) is 2.09. The Bertz CT molecular complexity index is 815. The van der Waals surface area contributed by atoms with Crippen LogP contribution < -0.4 is 5.69 Å². The van der Waals surface area contributed by atoms with Gasteiger partial charge in [-0.3, -0.25) is 4.57 Å². The standard InChI is InChI=1S/C16H20ClN3O3S/c1-16(2,3)23-14(21)11-5-4-6-13-18-19(15(22)20(11)13)9-10-7-8-12(17)24-10/h7-8,11H,4-6,9H2,1-3H3. The van der Waals surface area contributed by atoms with Crippen molar-refractivity contribution in [2.45, 2.75) is 58.2 Å². The second kappa shape index (κ2) is 6.37. The zero-order valence-electron chi connectivity index (χ0n) is 13.9. The molecule has 0 saturated carbocycles. The quantitative estimate of drug-likeness (QED) is 0.780. The summed E-state index contributed by atoms with van der Waals surface area (Å²) >= 11 is 7.36. The molecule has 1 aliphatic heterocycles. The summed E-state index contributed by atoms with van der Waals surface area (Å²) in [7, 11) is 0. The van der Waals surface area contributed by atoms with Crippen molar-refractivity contribution in [2.24, 2.45) is 0 Å². The second-order valence-electron chi connectivity index (χ2n) is 6.87. The molecule has 130 valence electrons. The van der Waals surface area contributed by atoms with Gasteiger partial charge in [0.2, 0.25) is 0 Å². The van der Waals surface area contributed by atoms with E-state index >= 15 is 0 Å². The third-order valence-corrected chi connectivity index (χ3v) is 4.96. The first-order valence-electron chi connectivity index (χ1n) is 7.90. The van der Waals surface area contributed by atoms with E-state index < -0.39 is 11.6 Å². The van der Waals surface area contributed by atoms with Gasteiger partial charge in [0, 0.05) is 11.3 Å². The number of ether oxygens (including phenoxy) is 1. The first-order chi connectivity index (χ1) is 11.2. The number of aryl methyl sites for hydroxylation is 1. The van der Waals surface area contributed by atoms with Crippen LogP contribution in [-0.2, 0) is 22.5 Å². The van der Waals surface area contributed by atoms with Crippen LogP contribution in [0.3, 0.4) is 0 Å². The van der Waals surface area contributed by atoms with Crippen molar-refractivity contribution >= 4 is 28.9 Å². The lowest BCUT2D eigenvalue weighted by Crippen LogP contribution is -2.38. The van der Waals surface area contributed by atoms with Gasteiger partial charge in [-0.25, -0.2) is 14.3 Å². The summed E-state index contributed by atoms with van der Waals surface area (Å²) in [6, 6.07) is 3.08. The van der Waals surface area contributed by atoms with Gasteiger partial charge < -0.3 is 4.74 Å². The molecule has 0 aromatic carbocycles. The van der Waals surface area contributed by atoms with E-state index in [1.165, 1.54) is 20.6 Å². The predicted molar refractivity (Wildman–Crippen MR) is 92.7 cm³/mol. The SMILES string of the molecule is CC(C)(C)OC(=O)C1CCCc2nn(Cc3ccc(Cl)s3)c(=O)n21. The van der Waals surface area contributed by atoms with Crippen molar-refractivity contribution in [1.29, 1.82) is 0 Å². The molecule has 0 saturated heterocycles. The Morgan fingerprint density at radius 1 is 1.46 bits per heavy atom. The molecule has 0 aliphatic carbocycles. The smallest absolute Gasteiger partial charge is 0.347 e. The summed E-state index contributed by atoms with van der Waals surface area (Å²) in [5.41, 5.74) is -0.854. The molecule has 0 bridgehead atoms. The Labute approximate surface area is 149 Å². The van der Waals surface area contributed by atoms with E-state index in [-0.39, 0.29) is 11.7 Å². The van der Waals surface area contributed by atoms with Crippen LogP contribution in [0.5, 0.6) is 0 Å². The molecular formula is C16H20ClN3O3S. The maximum absolute atomic E-state index is 12.7. The number of nitrogens with zero attached hydrogens (tertiary/aromatic N) is 3. The number of aromatic nitrogens is 3. The molecular weight excluding hydrogens is 350 g/mol. The van der Waals surface area contributed by atoms with Crippen molar-refractivity contribution in [3.05, 3.63) is 37.7 Å². The highest BCUT2D eigenvalue weighted by molar-refractivity contribution is 7.16. The Balaban J connectivity index is 1.90. The van der Waals surface area contributed by atoms with Gasteiger partial charge in [-0.05, 0) is 45.7 Å². The van der Waals surface area contributed by atoms with Crippen LogP contribution in [0.1, 0.15) is 50.4 Å². The van der Waals surface area contributed by atoms with Crippen molar-refractivity contribution in [3.8, 4) is 0 Å². The Hall–Kier alpha value is -1.60. The van der Waals surface area contributed by atoms with Gasteiger partial charge in [-0.15, -0.1) is 11.3 Å². The Morgan fingerprint density at radius 3 is 2.83 bits per heavy atom. The van der Waals surface area contributed by atoms with Crippen LogP contribution in [0.15, 0.2) is 16.9 Å². The van der Waals surface area contributed by atoms with Gasteiger partial charge in [-0.1, -0.05) is 11.6 Å². The third-order valence-electron chi connectivity index (χ3n) is 3.74. The van der Waals surface area contributed by atoms with E-state index in [1.807, 2.05) is 26.8 Å². The number of fused-ring (bicyclic) bond motifs is 1. The minimum absolute atomic E-state index is 0.273. The highest BCUT2D eigenvalue weighted by Crippen LogP contribution is 2.26. The van der Waals surface area contributed by atoms with Gasteiger partial charge in [-0.2, -0.15) is 5.10 Å². The average molecular weight is 370 g/mol. The lowest BCUT2D eigenvalue weighted by atomic mass is 10.0. The molecule has 8 heteroatoms. The Morgan fingerprint density at radius 2 is 2.21 bits per heavy atom. The lowest BCUT2D eigenvalue weighted by molar-refractivity contribution is -0.159. The maximum atomic E-state index is 12.7. The van der Waals surface area contributed by atoms with E-state index in [0.717, 1.165) is 11.3 Å². The number of hydrogen-bond acceptors (Lipinski definition) is 5. The number of carbonyl (C=O) groups is 1. The van der Waals surface area contributed by atoms with Crippen LogP contribution in [0.25, 0.3) is 0 Å². The largest absolute Gasteiger partial charge is 0.458 e. The molecule has 1 aliphatic rings. The zero-order valence-corrected chi connectivity index (χ0v) is 15.5. The predicted octanol–water partition coefficient (Wildman–Crippen LogP) is 3.03.